The molecule has 1 aromatic carbocycles. The molecular weight excluding hydrogens is 442 g/mol. The molecule has 1 amide bonds. The zero-order valence-electron chi connectivity index (χ0n) is 22.2. The lowest BCUT2D eigenvalue weighted by Gasteiger charge is -2.40. The Bertz CT molecular complexity index is 957. The molecular formula is C26H43N7O2. The van der Waals surface area contributed by atoms with Crippen LogP contribution in [-0.2, 0) is 9.53 Å². The maximum absolute atomic E-state index is 12.5. The van der Waals surface area contributed by atoms with Crippen molar-refractivity contribution >= 4 is 23.3 Å². The molecule has 1 aromatic rings. The molecule has 9 heteroatoms. The van der Waals surface area contributed by atoms with Gasteiger partial charge in [-0.1, -0.05) is 30.5 Å². The number of hydrogen-bond acceptors (Lipinski definition) is 7. The van der Waals surface area contributed by atoms with Crippen LogP contribution in [0.15, 0.2) is 28.2 Å². The van der Waals surface area contributed by atoms with Crippen LogP contribution in [0, 0.1) is 6.92 Å². The normalized spacial score (nSPS) is 23.3. The van der Waals surface area contributed by atoms with Gasteiger partial charge in [0.05, 0.1) is 24.0 Å². The van der Waals surface area contributed by atoms with E-state index >= 15 is 0 Å². The smallest absolute Gasteiger partial charge is 0.284 e. The third kappa shape index (κ3) is 7.02. The number of anilines is 1. The number of aliphatic imine (C=N–C) groups is 2. The molecule has 3 atom stereocenters. The molecule has 194 valence electrons. The Morgan fingerprint density at radius 3 is 2.66 bits per heavy atom. The third-order valence-electron chi connectivity index (χ3n) is 6.84. The van der Waals surface area contributed by atoms with Crippen molar-refractivity contribution < 1.29 is 9.53 Å². The van der Waals surface area contributed by atoms with E-state index in [-0.39, 0.29) is 17.9 Å². The van der Waals surface area contributed by atoms with Gasteiger partial charge in [0, 0.05) is 37.4 Å². The Balaban J connectivity index is 1.93. The van der Waals surface area contributed by atoms with E-state index in [4.69, 9.17) is 26.2 Å². The third-order valence-corrected chi connectivity index (χ3v) is 6.84. The summed E-state index contributed by atoms with van der Waals surface area (Å²) in [5.41, 5.74) is 14.7. The molecule has 1 fully saturated rings. The highest BCUT2D eigenvalue weighted by atomic mass is 16.5. The first-order valence-electron chi connectivity index (χ1n) is 12.5. The van der Waals surface area contributed by atoms with Crippen molar-refractivity contribution in [2.75, 3.05) is 39.2 Å². The molecule has 1 heterocycles. The Kier molecular flexibility index (Phi) is 8.90. The van der Waals surface area contributed by atoms with Gasteiger partial charge in [-0.05, 0) is 53.8 Å². The zero-order chi connectivity index (χ0) is 25.8. The number of aryl methyl sites for hydroxylation is 1. The highest BCUT2D eigenvalue weighted by molar-refractivity contribution is 6.43. The fourth-order valence-electron chi connectivity index (χ4n) is 4.72. The van der Waals surface area contributed by atoms with Crippen LogP contribution in [0.5, 0.6) is 0 Å². The second kappa shape index (κ2) is 11.5. The van der Waals surface area contributed by atoms with Gasteiger partial charge in [0.25, 0.3) is 5.91 Å². The topological polar surface area (TPSA) is 122 Å². The minimum Gasteiger partial charge on any atom is -0.387 e. The monoisotopic (exact) mass is 485 g/mol. The molecule has 1 unspecified atom stereocenters. The molecule has 0 spiro atoms. The second-order valence-corrected chi connectivity index (χ2v) is 10.6. The van der Waals surface area contributed by atoms with Gasteiger partial charge in [0.15, 0.2) is 5.84 Å². The molecule has 0 saturated heterocycles. The molecule has 0 bridgehead atoms. The fraction of sp³-hybridized carbons (Fsp3) is 0.654. The molecule has 0 aromatic heterocycles. The zero-order valence-corrected chi connectivity index (χ0v) is 22.2. The van der Waals surface area contributed by atoms with E-state index in [1.54, 1.807) is 7.11 Å². The predicted octanol–water partition coefficient (Wildman–Crippen LogP) is 2.33. The first-order valence-corrected chi connectivity index (χ1v) is 12.5. The number of nitrogens with one attached hydrogen (secondary N) is 1. The summed E-state index contributed by atoms with van der Waals surface area (Å²) >= 11 is 0. The van der Waals surface area contributed by atoms with Crippen molar-refractivity contribution in [2.45, 2.75) is 76.7 Å². The van der Waals surface area contributed by atoms with E-state index < -0.39 is 17.7 Å². The van der Waals surface area contributed by atoms with Crippen LogP contribution in [0.4, 0.5) is 5.69 Å². The number of nitrogens with zero attached hydrogens (tertiary/aromatic N) is 4. The molecule has 1 aliphatic heterocycles. The largest absolute Gasteiger partial charge is 0.387 e. The summed E-state index contributed by atoms with van der Waals surface area (Å²) in [6.45, 7) is 7.35. The number of nitrogens with two attached hydrogens (primary N) is 2. The average molecular weight is 486 g/mol. The van der Waals surface area contributed by atoms with Crippen molar-refractivity contribution in [3.05, 3.63) is 29.3 Å². The number of rotatable bonds is 10. The standard InChI is InChI=1S/C26H43N7O2/c1-17-11-12-21-18(15-17)24(31-25(23(28)34)33(21)16-26(2,3)35-6)30-20-10-8-7-9-19(20)29-22(27)13-14-32(4)5/h11-12,15,19-20,24,30H,7-10,13-14,16H2,1-6H3,(H2,27,29)(H2,28,34)/t19-,20+,24?/m1/s1. The molecule has 2 aliphatic rings. The van der Waals surface area contributed by atoms with Gasteiger partial charge in [-0.25, -0.2) is 4.99 Å². The Morgan fingerprint density at radius 2 is 2.00 bits per heavy atom. The summed E-state index contributed by atoms with van der Waals surface area (Å²) in [7, 11) is 5.73. The molecule has 35 heavy (non-hydrogen) atoms. The molecule has 0 radical (unpaired) electrons. The van der Waals surface area contributed by atoms with Crippen molar-refractivity contribution in [3.63, 3.8) is 0 Å². The summed E-state index contributed by atoms with van der Waals surface area (Å²) < 4.78 is 5.65. The number of carbonyl (C=O) groups is 1. The summed E-state index contributed by atoms with van der Waals surface area (Å²) in [6, 6.07) is 6.41. The van der Waals surface area contributed by atoms with E-state index in [2.05, 4.69) is 23.2 Å². The van der Waals surface area contributed by atoms with Crippen molar-refractivity contribution in [1.29, 1.82) is 0 Å². The van der Waals surface area contributed by atoms with Crippen LogP contribution in [0.25, 0.3) is 0 Å². The highest BCUT2D eigenvalue weighted by Gasteiger charge is 2.36. The number of fused-ring (bicyclic) bond motifs is 1. The number of amidine groups is 2. The number of ether oxygens (including phenoxy) is 1. The van der Waals surface area contributed by atoms with Crippen LogP contribution < -0.4 is 21.7 Å². The van der Waals surface area contributed by atoms with Crippen LogP contribution in [-0.4, -0.2) is 74.5 Å². The van der Waals surface area contributed by atoms with Crippen molar-refractivity contribution in [1.82, 2.24) is 10.2 Å². The lowest BCUT2D eigenvalue weighted by atomic mass is 9.89. The number of amides is 1. The Morgan fingerprint density at radius 1 is 1.29 bits per heavy atom. The van der Waals surface area contributed by atoms with E-state index in [1.807, 2.05) is 45.0 Å². The van der Waals surface area contributed by atoms with Gasteiger partial charge in [0.2, 0.25) is 0 Å². The fourth-order valence-corrected chi connectivity index (χ4v) is 4.72. The van der Waals surface area contributed by atoms with Crippen molar-refractivity contribution in [3.8, 4) is 0 Å². The first kappa shape index (κ1) is 27.1. The summed E-state index contributed by atoms with van der Waals surface area (Å²) in [6.07, 6.45) is 4.57. The first-order chi connectivity index (χ1) is 16.5. The molecule has 9 nitrogen and oxygen atoms in total. The van der Waals surface area contributed by atoms with Crippen LogP contribution in [0.1, 0.15) is 63.2 Å². The highest BCUT2D eigenvalue weighted by Crippen LogP contribution is 2.36. The SMILES string of the molecule is COC(C)(C)CN1C(C(N)=O)=NC(N[C@H]2CCCC[C@H]2N=C(N)CCN(C)C)c2cc(C)ccc21. The molecule has 3 rings (SSSR count). The summed E-state index contributed by atoms with van der Waals surface area (Å²) in [5, 5.41) is 3.72. The lowest BCUT2D eigenvalue weighted by molar-refractivity contribution is -0.112. The average Bonchev–Trinajstić information content (AvgIpc) is 2.80. The van der Waals surface area contributed by atoms with E-state index in [0.29, 0.717) is 12.4 Å². The summed E-state index contributed by atoms with van der Waals surface area (Å²) in [5.74, 6) is 0.373. The molecule has 5 N–H and O–H groups in total. The van der Waals surface area contributed by atoms with Crippen molar-refractivity contribution in [2.24, 2.45) is 21.5 Å². The van der Waals surface area contributed by atoms with E-state index in [0.717, 1.165) is 55.5 Å². The maximum atomic E-state index is 12.5. The Labute approximate surface area is 210 Å². The van der Waals surface area contributed by atoms with E-state index in [9.17, 15) is 4.79 Å². The maximum Gasteiger partial charge on any atom is 0.284 e. The number of primary amides is 1. The van der Waals surface area contributed by atoms with Gasteiger partial charge in [-0.3, -0.25) is 15.1 Å². The number of hydrogen-bond donors (Lipinski definition) is 3. The van der Waals surface area contributed by atoms with Gasteiger partial charge < -0.3 is 26.0 Å². The number of carbonyl (C=O) groups excluding carboxylic acids is 1. The second-order valence-electron chi connectivity index (χ2n) is 10.6. The van der Waals surface area contributed by atoms with E-state index in [1.165, 1.54) is 0 Å². The Hall–Kier alpha value is -2.49. The number of benzene rings is 1. The van der Waals surface area contributed by atoms with Gasteiger partial charge in [-0.15, -0.1) is 0 Å². The quantitative estimate of drug-likeness (QED) is 0.345. The van der Waals surface area contributed by atoms with Gasteiger partial charge >= 0.3 is 0 Å². The minimum atomic E-state index is -0.555. The minimum absolute atomic E-state index is 0.0804. The van der Waals surface area contributed by atoms with Gasteiger partial charge in [-0.2, -0.15) is 0 Å². The summed E-state index contributed by atoms with van der Waals surface area (Å²) in [4.78, 5) is 26.3. The number of methoxy groups -OCH3 is 1. The molecule has 1 saturated carbocycles. The van der Waals surface area contributed by atoms with Gasteiger partial charge in [0.1, 0.15) is 6.17 Å². The lowest BCUT2D eigenvalue weighted by Crippen LogP contribution is -2.52. The predicted molar refractivity (Wildman–Crippen MR) is 143 cm³/mol. The molecule has 1 aliphatic carbocycles. The van der Waals surface area contributed by atoms with Crippen LogP contribution in [0.3, 0.4) is 0 Å². The van der Waals surface area contributed by atoms with Crippen LogP contribution >= 0.6 is 0 Å². The van der Waals surface area contributed by atoms with Crippen LogP contribution in [0.2, 0.25) is 0 Å².